The van der Waals surface area contributed by atoms with Crippen molar-refractivity contribution in [2.45, 2.75) is 31.7 Å². The van der Waals surface area contributed by atoms with Crippen molar-refractivity contribution in [2.75, 3.05) is 45.8 Å². The van der Waals surface area contributed by atoms with Crippen LogP contribution in [0.5, 0.6) is 0 Å². The molecule has 27 heavy (non-hydrogen) atoms. The number of likely N-dealkylation sites (tertiary alicyclic amines) is 2. The molecule has 0 aliphatic carbocycles. The summed E-state index contributed by atoms with van der Waals surface area (Å²) in [5.41, 5.74) is 7.34. The SMILES string of the molecule is CCN1CCC(NC(=O)CN2C[C@@H](CN)[C@H](c3ccccc3)C2)CC1.Cl.Cl. The monoisotopic (exact) mass is 416 g/mol. The van der Waals surface area contributed by atoms with Gasteiger partial charge in [-0.05, 0) is 37.4 Å². The minimum Gasteiger partial charge on any atom is -0.352 e. The lowest BCUT2D eigenvalue weighted by Gasteiger charge is -2.31. The molecule has 1 amide bonds. The Morgan fingerprint density at radius 1 is 1.11 bits per heavy atom. The van der Waals surface area contributed by atoms with Crippen molar-refractivity contribution in [3.63, 3.8) is 0 Å². The van der Waals surface area contributed by atoms with Gasteiger partial charge in [0.05, 0.1) is 6.54 Å². The fraction of sp³-hybridized carbons (Fsp3) is 0.650. The molecule has 2 heterocycles. The Balaban J connectivity index is 0.00000182. The number of benzene rings is 1. The molecule has 2 aliphatic heterocycles. The van der Waals surface area contributed by atoms with Crippen molar-refractivity contribution in [2.24, 2.45) is 11.7 Å². The van der Waals surface area contributed by atoms with Gasteiger partial charge in [0.25, 0.3) is 0 Å². The number of hydrogen-bond acceptors (Lipinski definition) is 4. The fourth-order valence-corrected chi connectivity index (χ4v) is 4.28. The standard InChI is InChI=1S/C20H32N4O.2ClH/c1-2-23-10-8-18(9-11-23)22-20(25)15-24-13-17(12-21)19(14-24)16-6-4-3-5-7-16;;/h3-7,17-19H,2,8-15,21H2,1H3,(H,22,25);2*1H/t17-,19+;;/m1../s1. The van der Waals surface area contributed by atoms with E-state index in [4.69, 9.17) is 5.73 Å². The van der Waals surface area contributed by atoms with Crippen molar-refractivity contribution in [1.82, 2.24) is 15.1 Å². The van der Waals surface area contributed by atoms with Crippen LogP contribution in [0, 0.1) is 5.92 Å². The largest absolute Gasteiger partial charge is 0.352 e. The van der Waals surface area contributed by atoms with E-state index >= 15 is 0 Å². The first-order chi connectivity index (χ1) is 12.2. The van der Waals surface area contributed by atoms with Crippen molar-refractivity contribution in [3.8, 4) is 0 Å². The molecule has 1 aromatic carbocycles. The lowest BCUT2D eigenvalue weighted by molar-refractivity contribution is -0.123. The molecule has 0 saturated carbocycles. The van der Waals surface area contributed by atoms with Crippen LogP contribution in [0.25, 0.3) is 0 Å². The number of carbonyl (C=O) groups is 1. The Bertz CT molecular complexity index is 552. The maximum absolute atomic E-state index is 12.5. The Labute approximate surface area is 175 Å². The second kappa shape index (κ2) is 11.9. The average molecular weight is 417 g/mol. The Hall–Kier alpha value is -0.850. The van der Waals surface area contributed by atoms with Gasteiger partial charge in [-0.2, -0.15) is 0 Å². The molecule has 7 heteroatoms. The summed E-state index contributed by atoms with van der Waals surface area (Å²) in [6.07, 6.45) is 2.13. The van der Waals surface area contributed by atoms with Gasteiger partial charge in [0.15, 0.2) is 0 Å². The Morgan fingerprint density at radius 3 is 2.37 bits per heavy atom. The van der Waals surface area contributed by atoms with Crippen molar-refractivity contribution >= 4 is 30.7 Å². The fourth-order valence-electron chi connectivity index (χ4n) is 4.28. The van der Waals surface area contributed by atoms with Crippen LogP contribution in [0.1, 0.15) is 31.2 Å². The molecule has 1 aromatic rings. The number of carbonyl (C=O) groups excluding carboxylic acids is 1. The highest BCUT2D eigenvalue weighted by atomic mass is 35.5. The summed E-state index contributed by atoms with van der Waals surface area (Å²) in [4.78, 5) is 17.2. The molecule has 0 spiro atoms. The third-order valence-corrected chi connectivity index (χ3v) is 5.81. The topological polar surface area (TPSA) is 61.6 Å². The summed E-state index contributed by atoms with van der Waals surface area (Å²) in [7, 11) is 0. The smallest absolute Gasteiger partial charge is 0.234 e. The highest BCUT2D eigenvalue weighted by Gasteiger charge is 2.33. The van der Waals surface area contributed by atoms with Crippen molar-refractivity contribution in [1.29, 1.82) is 0 Å². The summed E-state index contributed by atoms with van der Waals surface area (Å²) >= 11 is 0. The van der Waals surface area contributed by atoms with E-state index in [2.05, 4.69) is 46.3 Å². The third-order valence-electron chi connectivity index (χ3n) is 5.81. The van der Waals surface area contributed by atoms with E-state index in [1.807, 2.05) is 6.07 Å². The Morgan fingerprint density at radius 2 is 1.78 bits per heavy atom. The van der Waals surface area contributed by atoms with Gasteiger partial charge in [-0.25, -0.2) is 0 Å². The number of nitrogens with two attached hydrogens (primary N) is 1. The van der Waals surface area contributed by atoms with Gasteiger partial charge in [0.2, 0.25) is 5.91 Å². The summed E-state index contributed by atoms with van der Waals surface area (Å²) in [6.45, 7) is 8.50. The lowest BCUT2D eigenvalue weighted by Crippen LogP contribution is -2.47. The summed E-state index contributed by atoms with van der Waals surface area (Å²) in [6, 6.07) is 10.9. The molecule has 154 valence electrons. The van der Waals surface area contributed by atoms with E-state index in [-0.39, 0.29) is 30.7 Å². The van der Waals surface area contributed by atoms with Gasteiger partial charge >= 0.3 is 0 Å². The summed E-state index contributed by atoms with van der Waals surface area (Å²) in [5.74, 6) is 1.04. The second-order valence-electron chi connectivity index (χ2n) is 7.48. The highest BCUT2D eigenvalue weighted by Crippen LogP contribution is 2.31. The minimum atomic E-state index is 0. The molecule has 2 atom stereocenters. The van der Waals surface area contributed by atoms with Crippen LogP contribution in [-0.4, -0.2) is 67.6 Å². The number of amides is 1. The van der Waals surface area contributed by atoms with Crippen LogP contribution in [0.3, 0.4) is 0 Å². The van der Waals surface area contributed by atoms with Crippen molar-refractivity contribution < 1.29 is 4.79 Å². The number of nitrogens with one attached hydrogen (secondary N) is 1. The first-order valence-corrected chi connectivity index (χ1v) is 9.68. The normalized spacial score (nSPS) is 24.1. The number of nitrogens with zero attached hydrogens (tertiary/aromatic N) is 2. The van der Waals surface area contributed by atoms with Gasteiger partial charge in [-0.3, -0.25) is 9.69 Å². The second-order valence-corrected chi connectivity index (χ2v) is 7.48. The molecule has 0 aromatic heterocycles. The molecule has 3 N–H and O–H groups in total. The molecule has 0 unspecified atom stereocenters. The van der Waals surface area contributed by atoms with Gasteiger partial charge in [-0.15, -0.1) is 24.8 Å². The summed E-state index contributed by atoms with van der Waals surface area (Å²) in [5, 5.41) is 3.24. The zero-order chi connectivity index (χ0) is 17.6. The van der Waals surface area contributed by atoms with E-state index in [1.165, 1.54) is 5.56 Å². The van der Waals surface area contributed by atoms with Crippen molar-refractivity contribution in [3.05, 3.63) is 35.9 Å². The average Bonchev–Trinajstić information content (AvgIpc) is 3.05. The number of halogens is 2. The van der Waals surface area contributed by atoms with E-state index < -0.39 is 0 Å². The van der Waals surface area contributed by atoms with E-state index in [0.29, 0.717) is 31.0 Å². The lowest BCUT2D eigenvalue weighted by atomic mass is 9.89. The van der Waals surface area contributed by atoms with E-state index in [0.717, 1.165) is 45.6 Å². The van der Waals surface area contributed by atoms with Gasteiger partial charge in [0, 0.05) is 38.1 Å². The summed E-state index contributed by atoms with van der Waals surface area (Å²) < 4.78 is 0. The van der Waals surface area contributed by atoms with Crippen LogP contribution < -0.4 is 11.1 Å². The maximum atomic E-state index is 12.5. The first kappa shape index (κ1) is 24.2. The number of hydrogen-bond donors (Lipinski definition) is 2. The molecule has 2 fully saturated rings. The predicted molar refractivity (Wildman–Crippen MR) is 116 cm³/mol. The van der Waals surface area contributed by atoms with Crippen LogP contribution in [-0.2, 0) is 4.79 Å². The van der Waals surface area contributed by atoms with Crippen LogP contribution in [0.4, 0.5) is 0 Å². The molecular weight excluding hydrogens is 383 g/mol. The van der Waals surface area contributed by atoms with Gasteiger partial charge in [0.1, 0.15) is 0 Å². The molecule has 3 rings (SSSR count). The molecular formula is C20H34Cl2N4O. The van der Waals surface area contributed by atoms with Gasteiger partial charge < -0.3 is 16.0 Å². The molecule has 0 bridgehead atoms. The van der Waals surface area contributed by atoms with Crippen LogP contribution >= 0.6 is 24.8 Å². The predicted octanol–water partition coefficient (Wildman–Crippen LogP) is 2.10. The first-order valence-electron chi connectivity index (χ1n) is 9.68. The van der Waals surface area contributed by atoms with E-state index in [9.17, 15) is 4.79 Å². The Kier molecular flexibility index (Phi) is 10.6. The molecule has 0 radical (unpaired) electrons. The maximum Gasteiger partial charge on any atom is 0.234 e. The number of piperidine rings is 1. The number of rotatable bonds is 6. The zero-order valence-electron chi connectivity index (χ0n) is 16.2. The van der Waals surface area contributed by atoms with E-state index in [1.54, 1.807) is 0 Å². The highest BCUT2D eigenvalue weighted by molar-refractivity contribution is 5.85. The molecule has 5 nitrogen and oxygen atoms in total. The molecule has 2 aliphatic rings. The van der Waals surface area contributed by atoms with Crippen LogP contribution in [0.15, 0.2) is 30.3 Å². The van der Waals surface area contributed by atoms with Crippen LogP contribution in [0.2, 0.25) is 0 Å². The van der Waals surface area contributed by atoms with Gasteiger partial charge in [-0.1, -0.05) is 37.3 Å². The zero-order valence-corrected chi connectivity index (χ0v) is 17.8. The third kappa shape index (κ3) is 6.61. The molecule has 2 saturated heterocycles. The quantitative estimate of drug-likeness (QED) is 0.745. The minimum absolute atomic E-state index is 0.